The molecule has 0 aromatic rings. The van der Waals surface area contributed by atoms with Gasteiger partial charge in [-0.2, -0.15) is 0 Å². The zero-order valence-electron chi connectivity index (χ0n) is 12.7. The predicted molar refractivity (Wildman–Crippen MR) is 72.9 cm³/mol. The topological polar surface area (TPSA) is 69.7 Å². The minimum absolute atomic E-state index is 0.0316. The van der Waals surface area contributed by atoms with Crippen LogP contribution in [0.2, 0.25) is 0 Å². The molecule has 0 bridgehead atoms. The number of methoxy groups -OCH3 is 2. The third kappa shape index (κ3) is 2.92. The molecule has 0 aliphatic heterocycles. The molecule has 0 unspecified atom stereocenters. The van der Waals surface area contributed by atoms with Gasteiger partial charge in [0.25, 0.3) is 0 Å². The average Bonchev–Trinajstić information content (AvgIpc) is 2.36. The molecule has 112 valence electrons. The second-order valence-corrected chi connectivity index (χ2v) is 5.66. The lowest BCUT2D eigenvalue weighted by molar-refractivity contribution is -0.154. The van der Waals surface area contributed by atoms with Crippen molar-refractivity contribution in [3.63, 3.8) is 0 Å². The molecule has 0 fully saturated rings. The molecule has 0 N–H and O–H groups in total. The highest BCUT2D eigenvalue weighted by molar-refractivity contribution is 6.25. The summed E-state index contributed by atoms with van der Waals surface area (Å²) in [7, 11) is 2.69. The quantitative estimate of drug-likeness (QED) is 0.438. The Kier molecular flexibility index (Phi) is 5.09. The van der Waals surface area contributed by atoms with Crippen LogP contribution < -0.4 is 0 Å². The fourth-order valence-electron chi connectivity index (χ4n) is 2.60. The van der Waals surface area contributed by atoms with Gasteiger partial charge in [0.1, 0.15) is 11.7 Å². The van der Waals surface area contributed by atoms with Crippen LogP contribution in [-0.4, -0.2) is 31.8 Å². The molecule has 0 aromatic heterocycles. The van der Waals surface area contributed by atoms with Crippen molar-refractivity contribution in [1.29, 1.82) is 0 Å². The highest BCUT2D eigenvalue weighted by Gasteiger charge is 2.49. The zero-order valence-corrected chi connectivity index (χ0v) is 12.7. The van der Waals surface area contributed by atoms with Crippen LogP contribution in [0.3, 0.4) is 0 Å². The molecule has 0 saturated heterocycles. The molecule has 0 aromatic carbocycles. The molecule has 1 aliphatic rings. The van der Waals surface area contributed by atoms with Gasteiger partial charge < -0.3 is 9.47 Å². The monoisotopic (exact) mass is 282 g/mol. The fraction of sp³-hybridized carbons (Fsp3) is 0.667. The van der Waals surface area contributed by atoms with Gasteiger partial charge in [0.2, 0.25) is 0 Å². The number of allylic oxidation sites excluding steroid dienone is 2. The molecule has 0 radical (unpaired) electrons. The molecule has 0 heterocycles. The second-order valence-electron chi connectivity index (χ2n) is 5.66. The first-order valence-electron chi connectivity index (χ1n) is 6.72. The summed E-state index contributed by atoms with van der Waals surface area (Å²) in [5.41, 5.74) is -0.602. The number of rotatable bonds is 5. The van der Waals surface area contributed by atoms with Gasteiger partial charge in [0, 0.05) is 12.8 Å². The standard InChI is InChI=1S/C15H22O5/c1-6-7-9(16)11-10(19-4)8-15(2,3)12(13(11)17)14(18)20-5/h12H,6-8H2,1-5H3/t12-/m0/s1. The highest BCUT2D eigenvalue weighted by Crippen LogP contribution is 2.42. The largest absolute Gasteiger partial charge is 0.500 e. The van der Waals surface area contributed by atoms with Crippen molar-refractivity contribution in [1.82, 2.24) is 0 Å². The minimum atomic E-state index is -0.956. The molecular formula is C15H22O5. The lowest BCUT2D eigenvalue weighted by Crippen LogP contribution is -2.44. The number of ketones is 2. The summed E-state index contributed by atoms with van der Waals surface area (Å²) in [5, 5.41) is 0. The van der Waals surface area contributed by atoms with Gasteiger partial charge >= 0.3 is 5.97 Å². The van der Waals surface area contributed by atoms with E-state index in [1.165, 1.54) is 14.2 Å². The van der Waals surface area contributed by atoms with Crippen LogP contribution in [0.5, 0.6) is 0 Å². The van der Waals surface area contributed by atoms with Crippen molar-refractivity contribution in [3.05, 3.63) is 11.3 Å². The molecule has 0 spiro atoms. The van der Waals surface area contributed by atoms with E-state index in [0.29, 0.717) is 18.6 Å². The van der Waals surface area contributed by atoms with Crippen LogP contribution in [0.4, 0.5) is 0 Å². The van der Waals surface area contributed by atoms with Gasteiger partial charge in [-0.15, -0.1) is 0 Å². The Morgan fingerprint density at radius 1 is 1.30 bits per heavy atom. The summed E-state index contributed by atoms with van der Waals surface area (Å²) in [6, 6.07) is 0. The number of Topliss-reactive ketones (excluding diaryl/α,β-unsaturated/α-hetero) is 2. The molecule has 0 saturated carbocycles. The van der Waals surface area contributed by atoms with E-state index in [-0.39, 0.29) is 17.8 Å². The maximum absolute atomic E-state index is 12.6. The maximum Gasteiger partial charge on any atom is 0.317 e. The molecule has 20 heavy (non-hydrogen) atoms. The Bertz CT molecular complexity index is 459. The van der Waals surface area contributed by atoms with Crippen LogP contribution in [0.1, 0.15) is 40.0 Å². The van der Waals surface area contributed by atoms with E-state index in [9.17, 15) is 14.4 Å². The summed E-state index contributed by atoms with van der Waals surface area (Å²) in [6.45, 7) is 5.46. The van der Waals surface area contributed by atoms with Crippen LogP contribution in [-0.2, 0) is 23.9 Å². The van der Waals surface area contributed by atoms with Crippen LogP contribution >= 0.6 is 0 Å². The molecule has 1 aliphatic carbocycles. The normalized spacial score (nSPS) is 21.6. The summed E-state index contributed by atoms with van der Waals surface area (Å²) in [4.78, 5) is 36.6. The molecular weight excluding hydrogens is 260 g/mol. The number of carbonyl (C=O) groups excluding carboxylic acids is 3. The van der Waals surface area contributed by atoms with Crippen LogP contribution in [0.25, 0.3) is 0 Å². The summed E-state index contributed by atoms with van der Waals surface area (Å²) >= 11 is 0. The molecule has 1 rings (SSSR count). The highest BCUT2D eigenvalue weighted by atomic mass is 16.5. The van der Waals surface area contributed by atoms with Crippen LogP contribution in [0.15, 0.2) is 11.3 Å². The smallest absolute Gasteiger partial charge is 0.317 e. The average molecular weight is 282 g/mol. The lowest BCUT2D eigenvalue weighted by atomic mass is 9.67. The van der Waals surface area contributed by atoms with Gasteiger partial charge in [-0.25, -0.2) is 0 Å². The molecule has 0 amide bonds. The minimum Gasteiger partial charge on any atom is -0.500 e. The summed E-state index contributed by atoms with van der Waals surface area (Å²) in [5.74, 6) is -1.93. The Morgan fingerprint density at radius 3 is 2.35 bits per heavy atom. The Hall–Kier alpha value is -1.65. The van der Waals surface area contributed by atoms with Gasteiger partial charge in [-0.05, 0) is 11.8 Å². The lowest BCUT2D eigenvalue weighted by Gasteiger charge is -2.36. The van der Waals surface area contributed by atoms with Gasteiger partial charge in [0.05, 0.1) is 19.8 Å². The number of carbonyl (C=O) groups is 3. The van der Waals surface area contributed by atoms with Gasteiger partial charge in [-0.3, -0.25) is 14.4 Å². The van der Waals surface area contributed by atoms with Crippen molar-refractivity contribution >= 4 is 17.5 Å². The Labute approximate surface area is 119 Å². The first kappa shape index (κ1) is 16.4. The third-order valence-corrected chi connectivity index (χ3v) is 3.62. The van der Waals surface area contributed by atoms with E-state index >= 15 is 0 Å². The SMILES string of the molecule is CCCC(=O)C1=C(OC)CC(C)(C)[C@H](C(=O)OC)C1=O. The number of esters is 1. The summed E-state index contributed by atoms with van der Waals surface area (Å²) < 4.78 is 9.94. The van der Waals surface area contributed by atoms with Crippen molar-refractivity contribution in [2.45, 2.75) is 40.0 Å². The third-order valence-electron chi connectivity index (χ3n) is 3.62. The predicted octanol–water partition coefficient (Wildman–Crippen LogP) is 2.04. The Morgan fingerprint density at radius 2 is 1.90 bits per heavy atom. The summed E-state index contributed by atoms with van der Waals surface area (Å²) in [6.07, 6.45) is 1.26. The first-order valence-corrected chi connectivity index (χ1v) is 6.72. The number of hydrogen-bond acceptors (Lipinski definition) is 5. The van der Waals surface area contributed by atoms with Crippen LogP contribution in [0, 0.1) is 11.3 Å². The van der Waals surface area contributed by atoms with E-state index in [1.807, 2.05) is 6.92 Å². The van der Waals surface area contributed by atoms with Crippen molar-refractivity contribution in [3.8, 4) is 0 Å². The molecule has 5 nitrogen and oxygen atoms in total. The number of ether oxygens (including phenoxy) is 2. The van der Waals surface area contributed by atoms with Gasteiger partial charge in [0.15, 0.2) is 11.6 Å². The van der Waals surface area contributed by atoms with E-state index in [1.54, 1.807) is 13.8 Å². The van der Waals surface area contributed by atoms with Crippen molar-refractivity contribution < 1.29 is 23.9 Å². The number of hydrogen-bond donors (Lipinski definition) is 0. The fourth-order valence-corrected chi connectivity index (χ4v) is 2.60. The zero-order chi connectivity index (χ0) is 15.5. The van der Waals surface area contributed by atoms with Crippen molar-refractivity contribution in [2.24, 2.45) is 11.3 Å². The van der Waals surface area contributed by atoms with E-state index in [0.717, 1.165) is 0 Å². The van der Waals surface area contributed by atoms with Gasteiger partial charge in [-0.1, -0.05) is 20.8 Å². The second kappa shape index (κ2) is 6.20. The first-order chi connectivity index (χ1) is 9.30. The van der Waals surface area contributed by atoms with E-state index in [2.05, 4.69) is 0 Å². The Balaban J connectivity index is 3.32. The van der Waals surface area contributed by atoms with E-state index < -0.39 is 23.1 Å². The van der Waals surface area contributed by atoms with Crippen molar-refractivity contribution in [2.75, 3.05) is 14.2 Å². The molecule has 5 heteroatoms. The maximum atomic E-state index is 12.6. The van der Waals surface area contributed by atoms with E-state index in [4.69, 9.17) is 9.47 Å². The molecule has 1 atom stereocenters.